The summed E-state index contributed by atoms with van der Waals surface area (Å²) in [5.74, 6) is 4.71. The average Bonchev–Trinajstić information content (AvgIpc) is 2.17. The summed E-state index contributed by atoms with van der Waals surface area (Å²) < 4.78 is 0. The van der Waals surface area contributed by atoms with Crippen molar-refractivity contribution in [2.45, 2.75) is 38.5 Å². The van der Waals surface area contributed by atoms with Crippen molar-refractivity contribution in [2.24, 2.45) is 23.7 Å². The third kappa shape index (κ3) is 5.18. The first-order chi connectivity index (χ1) is 7.73. The molecule has 0 aromatic carbocycles. The Labute approximate surface area is 115 Å². The van der Waals surface area contributed by atoms with Crippen molar-refractivity contribution in [1.29, 1.82) is 0 Å². The Hall–Kier alpha value is -0.398. The van der Waals surface area contributed by atoms with Crippen molar-refractivity contribution < 1.29 is 40.2 Å². The fourth-order valence-electron chi connectivity index (χ4n) is 3.98. The predicted molar refractivity (Wildman–Crippen MR) is 53.8 cm³/mol. The summed E-state index contributed by atoms with van der Waals surface area (Å²) in [5, 5.41) is 16.5. The van der Waals surface area contributed by atoms with Crippen molar-refractivity contribution in [3.05, 3.63) is 0 Å². The minimum absolute atomic E-state index is 0. The first-order valence-electron chi connectivity index (χ1n) is 5.84. The molecule has 0 aromatic heterocycles. The molecule has 0 heterocycles. The van der Waals surface area contributed by atoms with Gasteiger partial charge < -0.3 is 19.8 Å². The monoisotopic (exact) mass is 332 g/mol. The Morgan fingerprint density at radius 3 is 0.882 bits per heavy atom. The summed E-state index contributed by atoms with van der Waals surface area (Å²) in [6, 6.07) is 0. The summed E-state index contributed by atoms with van der Waals surface area (Å²) in [7, 11) is 0. The molecule has 4 rings (SSSR count). The van der Waals surface area contributed by atoms with Crippen molar-refractivity contribution in [3.63, 3.8) is 0 Å². The van der Waals surface area contributed by atoms with Crippen LogP contribution in [-0.4, -0.2) is 12.9 Å². The average molecular weight is 333 g/mol. The molecule has 0 spiro atoms. The van der Waals surface area contributed by atoms with Crippen LogP contribution in [0.1, 0.15) is 38.5 Å². The molecule has 5 heteroatoms. The fourth-order valence-corrected chi connectivity index (χ4v) is 3.98. The van der Waals surface area contributed by atoms with Crippen LogP contribution in [0.3, 0.4) is 0 Å². The van der Waals surface area contributed by atoms with E-state index in [9.17, 15) is 0 Å². The van der Waals surface area contributed by atoms with Gasteiger partial charge in [0.05, 0.1) is 0 Å². The zero-order valence-electron chi connectivity index (χ0n) is 9.66. The van der Waals surface area contributed by atoms with E-state index in [2.05, 4.69) is 0 Å². The second-order valence-electron chi connectivity index (χ2n) is 5.07. The van der Waals surface area contributed by atoms with Crippen LogP contribution in [0, 0.1) is 23.7 Å². The van der Waals surface area contributed by atoms with Gasteiger partial charge in [0, 0.05) is 12.9 Å². The van der Waals surface area contributed by atoms with Gasteiger partial charge in [0.25, 0.3) is 0 Å². The molecule has 0 radical (unpaired) electrons. The Kier molecular flexibility index (Phi) is 8.46. The van der Waals surface area contributed by atoms with Gasteiger partial charge in [-0.1, -0.05) is 0 Å². The molecule has 4 nitrogen and oxygen atoms in total. The van der Waals surface area contributed by atoms with Crippen LogP contribution >= 0.6 is 0 Å². The summed E-state index contributed by atoms with van der Waals surface area (Å²) in [5.41, 5.74) is 0. The number of carbonyl (C=O) groups excluding carboxylic acids is 2. The first-order valence-corrected chi connectivity index (χ1v) is 5.84. The topological polar surface area (TPSA) is 80.3 Å². The number of hydrogen-bond acceptors (Lipinski definition) is 4. The standard InChI is InChI=1S/C10H16.2CH2O2.Pd/c1-7-2-9-4-8(1)5-10(3-7)6-9;2*2-1-3;/h7-10H,1-6H2;2*1H,(H,2,3);/q;;;+2/p-2. The molecule has 0 N–H and O–H groups in total. The molecule has 0 saturated heterocycles. The van der Waals surface area contributed by atoms with Gasteiger partial charge in [-0.15, -0.1) is 0 Å². The molecule has 0 unspecified atom stereocenters. The van der Waals surface area contributed by atoms with E-state index in [1.165, 1.54) is 23.7 Å². The van der Waals surface area contributed by atoms with Crippen LogP contribution in [0.5, 0.6) is 0 Å². The van der Waals surface area contributed by atoms with Gasteiger partial charge in [0.1, 0.15) is 0 Å². The summed E-state index contributed by atoms with van der Waals surface area (Å²) in [6.07, 6.45) is 9.62. The van der Waals surface area contributed by atoms with E-state index in [-0.39, 0.29) is 20.4 Å². The second-order valence-corrected chi connectivity index (χ2v) is 5.07. The Morgan fingerprint density at radius 1 is 0.647 bits per heavy atom. The van der Waals surface area contributed by atoms with Crippen molar-refractivity contribution in [2.75, 3.05) is 0 Å². The Balaban J connectivity index is 0.000000320. The van der Waals surface area contributed by atoms with Gasteiger partial charge in [-0.25, -0.2) is 0 Å². The minimum atomic E-state index is -0.500. The molecule has 0 amide bonds. The van der Waals surface area contributed by atoms with E-state index in [0.717, 1.165) is 0 Å². The molecule has 0 aromatic rings. The molecule has 4 aliphatic rings. The van der Waals surface area contributed by atoms with Gasteiger partial charge in [0.2, 0.25) is 0 Å². The zero-order chi connectivity index (χ0) is 12.0. The summed E-state index contributed by atoms with van der Waals surface area (Å²) in [6.45, 7) is -1.00. The van der Waals surface area contributed by atoms with Gasteiger partial charge in [-0.05, 0) is 62.2 Å². The molecular formula is C12H18O4Pd. The predicted octanol–water partition coefficient (Wildman–Crippen LogP) is -0.438. The number of carboxylic acid groups (broad SMARTS) is 2. The Bertz CT molecular complexity index is 170. The molecular weight excluding hydrogens is 315 g/mol. The molecule has 0 aliphatic heterocycles. The summed E-state index contributed by atoms with van der Waals surface area (Å²) >= 11 is 0. The summed E-state index contributed by atoms with van der Waals surface area (Å²) in [4.78, 5) is 16.5. The van der Waals surface area contributed by atoms with Gasteiger partial charge >= 0.3 is 20.4 Å². The largest absolute Gasteiger partial charge is 2.00 e. The normalized spacial score (nSPS) is 35.3. The van der Waals surface area contributed by atoms with Crippen LogP contribution in [0.15, 0.2) is 0 Å². The number of rotatable bonds is 0. The quantitative estimate of drug-likeness (QED) is 0.445. The van der Waals surface area contributed by atoms with E-state index >= 15 is 0 Å². The van der Waals surface area contributed by atoms with Crippen molar-refractivity contribution >= 4 is 12.9 Å². The fraction of sp³-hybridized carbons (Fsp3) is 0.833. The van der Waals surface area contributed by atoms with E-state index < -0.39 is 12.9 Å². The number of carbonyl (C=O) groups is 2. The van der Waals surface area contributed by atoms with Crippen molar-refractivity contribution in [1.82, 2.24) is 0 Å². The van der Waals surface area contributed by atoms with Crippen LogP contribution in [0.25, 0.3) is 0 Å². The van der Waals surface area contributed by atoms with Crippen LogP contribution in [0.2, 0.25) is 0 Å². The van der Waals surface area contributed by atoms with E-state index in [1.54, 1.807) is 38.5 Å². The molecule has 17 heavy (non-hydrogen) atoms. The minimum Gasteiger partial charge on any atom is -0.554 e. The third-order valence-corrected chi connectivity index (χ3v) is 4.00. The van der Waals surface area contributed by atoms with Crippen LogP contribution in [0.4, 0.5) is 0 Å². The van der Waals surface area contributed by atoms with Gasteiger partial charge in [-0.3, -0.25) is 0 Å². The van der Waals surface area contributed by atoms with Crippen LogP contribution in [-0.2, 0) is 30.0 Å². The van der Waals surface area contributed by atoms with Gasteiger partial charge in [-0.2, -0.15) is 0 Å². The molecule has 4 bridgehead atoms. The third-order valence-electron chi connectivity index (χ3n) is 4.00. The molecule has 4 fully saturated rings. The maximum absolute atomic E-state index is 8.25. The smallest absolute Gasteiger partial charge is 0.554 e. The molecule has 4 aliphatic carbocycles. The second kappa shape index (κ2) is 8.66. The van der Waals surface area contributed by atoms with Crippen LogP contribution < -0.4 is 10.2 Å². The van der Waals surface area contributed by atoms with Crippen molar-refractivity contribution in [3.8, 4) is 0 Å². The van der Waals surface area contributed by atoms with E-state index in [4.69, 9.17) is 19.8 Å². The number of hydrogen-bond donors (Lipinski definition) is 0. The Morgan fingerprint density at radius 2 is 0.765 bits per heavy atom. The molecule has 0 atom stereocenters. The van der Waals surface area contributed by atoms with E-state index in [0.29, 0.717) is 0 Å². The van der Waals surface area contributed by atoms with E-state index in [1.807, 2.05) is 0 Å². The first kappa shape index (κ1) is 16.6. The molecule has 4 saturated carbocycles. The van der Waals surface area contributed by atoms with Gasteiger partial charge in [0.15, 0.2) is 0 Å². The zero-order valence-corrected chi connectivity index (χ0v) is 11.2. The maximum Gasteiger partial charge on any atom is 2.00 e. The SMILES string of the molecule is C1C2CC3CC1CC(C2)C3.O=C[O-].O=C[O-].[Pd+2]. The maximum atomic E-state index is 8.25. The molecule has 100 valence electrons.